The molecule has 0 bridgehead atoms. The number of hydrogen-bond donors (Lipinski definition) is 2. The summed E-state index contributed by atoms with van der Waals surface area (Å²) in [5, 5.41) is 20.8. The Morgan fingerprint density at radius 1 is 0.750 bits per heavy atom. The third kappa shape index (κ3) is 4.70. The van der Waals surface area contributed by atoms with E-state index in [0.717, 1.165) is 24.0 Å². The van der Waals surface area contributed by atoms with Gasteiger partial charge in [0.15, 0.2) is 0 Å². The zero-order chi connectivity index (χ0) is 24.1. The van der Waals surface area contributed by atoms with E-state index in [1.165, 1.54) is 24.0 Å². The van der Waals surface area contributed by atoms with Gasteiger partial charge in [-0.3, -0.25) is 0 Å². The Hall–Kier alpha value is -1.96. The summed E-state index contributed by atoms with van der Waals surface area (Å²) in [6.45, 7) is 20.3. The lowest BCUT2D eigenvalue weighted by molar-refractivity contribution is 0.178. The van der Waals surface area contributed by atoms with Gasteiger partial charge in [0.2, 0.25) is 0 Å². The minimum atomic E-state index is -0.111. The lowest BCUT2D eigenvalue weighted by atomic mass is 9.60. The number of aromatic hydroxyl groups is 2. The predicted molar refractivity (Wildman–Crippen MR) is 136 cm³/mol. The van der Waals surface area contributed by atoms with E-state index in [4.69, 9.17) is 0 Å². The van der Waals surface area contributed by atoms with Crippen LogP contribution in [0.1, 0.15) is 110 Å². The molecule has 0 saturated heterocycles. The maximum absolute atomic E-state index is 11.2. The van der Waals surface area contributed by atoms with Crippen LogP contribution >= 0.6 is 0 Å². The van der Waals surface area contributed by atoms with Crippen LogP contribution in [0.5, 0.6) is 11.5 Å². The molecule has 1 fully saturated rings. The van der Waals surface area contributed by atoms with E-state index in [9.17, 15) is 10.2 Å². The molecule has 0 aliphatic heterocycles. The van der Waals surface area contributed by atoms with E-state index in [-0.39, 0.29) is 21.7 Å². The molecule has 3 rings (SSSR count). The molecular formula is C30H44O2. The normalized spacial score (nSPS) is 22.7. The monoisotopic (exact) mass is 436 g/mol. The first-order valence-corrected chi connectivity index (χ1v) is 12.2. The van der Waals surface area contributed by atoms with Crippen molar-refractivity contribution in [2.45, 2.75) is 110 Å². The Balaban J connectivity index is 1.94. The topological polar surface area (TPSA) is 40.5 Å². The molecule has 0 atom stereocenters. The molecule has 2 N–H and O–H groups in total. The van der Waals surface area contributed by atoms with Crippen LogP contribution in [0.25, 0.3) is 0 Å². The van der Waals surface area contributed by atoms with Gasteiger partial charge in [0.1, 0.15) is 11.5 Å². The number of phenols is 2. The Kier molecular flexibility index (Phi) is 6.26. The van der Waals surface area contributed by atoms with E-state index in [1.807, 2.05) is 12.1 Å². The minimum absolute atomic E-state index is 0.0317. The Morgan fingerprint density at radius 3 is 1.59 bits per heavy atom. The van der Waals surface area contributed by atoms with Gasteiger partial charge in [0.25, 0.3) is 0 Å². The smallest absolute Gasteiger partial charge is 0.123 e. The zero-order valence-electron chi connectivity index (χ0n) is 21.8. The molecule has 2 heteroatoms. The molecule has 0 radical (unpaired) electrons. The lowest BCUT2D eigenvalue weighted by Gasteiger charge is -2.45. The molecule has 0 unspecified atom stereocenters. The SMILES string of the molecule is CC(C)(C)c1cc(C(C)(C)C2CCC(C)(c3ccc(O)cc3)CC2)cc(C(C)(C)C)c1O. The molecule has 1 aliphatic rings. The molecule has 1 aliphatic carbocycles. The van der Waals surface area contributed by atoms with E-state index in [1.54, 1.807) is 0 Å². The van der Waals surface area contributed by atoms with Gasteiger partial charge in [0.05, 0.1) is 0 Å². The largest absolute Gasteiger partial charge is 0.508 e. The van der Waals surface area contributed by atoms with Gasteiger partial charge < -0.3 is 10.2 Å². The summed E-state index contributed by atoms with van der Waals surface area (Å²) in [6.07, 6.45) is 4.67. The fraction of sp³-hybridized carbons (Fsp3) is 0.600. The molecule has 1 saturated carbocycles. The number of benzene rings is 2. The highest BCUT2D eigenvalue weighted by Crippen LogP contribution is 2.50. The highest BCUT2D eigenvalue weighted by molar-refractivity contribution is 5.51. The molecule has 0 amide bonds. The highest BCUT2D eigenvalue weighted by Gasteiger charge is 2.40. The second-order valence-electron chi connectivity index (χ2n) is 13.0. The maximum atomic E-state index is 11.2. The first-order valence-electron chi connectivity index (χ1n) is 12.2. The van der Waals surface area contributed by atoms with E-state index < -0.39 is 0 Å². The standard InChI is InChI=1S/C30H44O2/c1-27(2,3)24-18-22(19-25(26(24)32)28(4,5)6)29(7,8)20-14-16-30(9,17-15-20)21-10-12-23(31)13-11-21/h10-13,18-20,31-32H,14-17H2,1-9H3. The zero-order valence-corrected chi connectivity index (χ0v) is 21.8. The molecule has 32 heavy (non-hydrogen) atoms. The molecule has 0 spiro atoms. The maximum Gasteiger partial charge on any atom is 0.123 e. The first kappa shape index (κ1) is 24.7. The molecule has 0 heterocycles. The van der Waals surface area contributed by atoms with Crippen LogP contribution in [-0.2, 0) is 21.7 Å². The Labute approximate surface area is 196 Å². The van der Waals surface area contributed by atoms with Gasteiger partial charge in [-0.15, -0.1) is 0 Å². The van der Waals surface area contributed by atoms with Gasteiger partial charge in [-0.2, -0.15) is 0 Å². The second kappa shape index (κ2) is 8.12. The lowest BCUT2D eigenvalue weighted by Crippen LogP contribution is -2.37. The summed E-state index contributed by atoms with van der Waals surface area (Å²) < 4.78 is 0. The average Bonchev–Trinajstić information content (AvgIpc) is 2.67. The third-order valence-corrected chi connectivity index (χ3v) is 8.14. The predicted octanol–water partition coefficient (Wildman–Crippen LogP) is 8.12. The van der Waals surface area contributed by atoms with Crippen molar-refractivity contribution in [2.24, 2.45) is 5.92 Å². The third-order valence-electron chi connectivity index (χ3n) is 8.14. The van der Waals surface area contributed by atoms with Gasteiger partial charge in [-0.1, -0.05) is 86.6 Å². The van der Waals surface area contributed by atoms with Crippen LogP contribution in [0.3, 0.4) is 0 Å². The quantitative estimate of drug-likeness (QED) is 0.510. The van der Waals surface area contributed by atoms with E-state index >= 15 is 0 Å². The van der Waals surface area contributed by atoms with Crippen molar-refractivity contribution in [3.8, 4) is 11.5 Å². The van der Waals surface area contributed by atoms with Crippen LogP contribution in [0.15, 0.2) is 36.4 Å². The highest BCUT2D eigenvalue weighted by atomic mass is 16.3. The molecular weight excluding hydrogens is 392 g/mol. The van der Waals surface area contributed by atoms with E-state index in [2.05, 4.69) is 86.6 Å². The summed E-state index contributed by atoms with van der Waals surface area (Å²) in [6, 6.07) is 12.4. The van der Waals surface area contributed by atoms with Gasteiger partial charge in [0, 0.05) is 0 Å². The molecule has 2 aromatic carbocycles. The molecule has 0 aromatic heterocycles. The number of rotatable bonds is 3. The Morgan fingerprint density at radius 2 is 1.19 bits per heavy atom. The van der Waals surface area contributed by atoms with Crippen LogP contribution in [0, 0.1) is 5.92 Å². The minimum Gasteiger partial charge on any atom is -0.508 e. The van der Waals surface area contributed by atoms with Crippen molar-refractivity contribution < 1.29 is 10.2 Å². The van der Waals surface area contributed by atoms with Gasteiger partial charge >= 0.3 is 0 Å². The van der Waals surface area contributed by atoms with Crippen LogP contribution in [0.4, 0.5) is 0 Å². The molecule has 2 nitrogen and oxygen atoms in total. The fourth-order valence-corrected chi connectivity index (χ4v) is 5.51. The summed E-state index contributed by atoms with van der Waals surface area (Å²) in [5.41, 5.74) is 4.77. The average molecular weight is 437 g/mol. The summed E-state index contributed by atoms with van der Waals surface area (Å²) >= 11 is 0. The van der Waals surface area contributed by atoms with Gasteiger partial charge in [-0.25, -0.2) is 0 Å². The van der Waals surface area contributed by atoms with Crippen molar-refractivity contribution in [3.63, 3.8) is 0 Å². The Bertz CT molecular complexity index is 909. The van der Waals surface area contributed by atoms with Crippen LogP contribution < -0.4 is 0 Å². The summed E-state index contributed by atoms with van der Waals surface area (Å²) in [4.78, 5) is 0. The van der Waals surface area contributed by atoms with Gasteiger partial charge in [-0.05, 0) is 87.6 Å². The molecule has 176 valence electrons. The fourth-order valence-electron chi connectivity index (χ4n) is 5.51. The first-order chi connectivity index (χ1) is 14.6. The summed E-state index contributed by atoms with van der Waals surface area (Å²) in [5.74, 6) is 1.40. The van der Waals surface area contributed by atoms with Crippen molar-refractivity contribution in [1.29, 1.82) is 0 Å². The summed E-state index contributed by atoms with van der Waals surface area (Å²) in [7, 11) is 0. The van der Waals surface area contributed by atoms with Crippen LogP contribution in [0.2, 0.25) is 0 Å². The van der Waals surface area contributed by atoms with Crippen LogP contribution in [-0.4, -0.2) is 10.2 Å². The van der Waals surface area contributed by atoms with Crippen molar-refractivity contribution in [2.75, 3.05) is 0 Å². The number of phenolic OH excluding ortho intramolecular Hbond substituents is 2. The van der Waals surface area contributed by atoms with Crippen molar-refractivity contribution in [1.82, 2.24) is 0 Å². The van der Waals surface area contributed by atoms with E-state index in [0.29, 0.717) is 17.4 Å². The van der Waals surface area contributed by atoms with Crippen molar-refractivity contribution in [3.05, 3.63) is 58.7 Å². The second-order valence-corrected chi connectivity index (χ2v) is 13.0. The van der Waals surface area contributed by atoms with Crippen molar-refractivity contribution >= 4 is 0 Å². The molecule has 2 aromatic rings. The number of hydrogen-bond acceptors (Lipinski definition) is 2.